The number of thioether (sulfide) groups is 1. The predicted molar refractivity (Wildman–Crippen MR) is 41.6 cm³/mol. The molecule has 0 aliphatic carbocycles. The van der Waals surface area contributed by atoms with Crippen LogP contribution in [-0.2, 0) is 0 Å². The lowest BCUT2D eigenvalue weighted by molar-refractivity contribution is 1.23. The summed E-state index contributed by atoms with van der Waals surface area (Å²) in [6.07, 6.45) is 0. The van der Waals surface area contributed by atoms with Crippen LogP contribution in [0.1, 0.15) is 10.8 Å². The normalized spacial score (nSPS) is 23.8. The molecule has 46 valence electrons. The quantitative estimate of drug-likeness (QED) is 0.534. The second kappa shape index (κ2) is 2.07. The van der Waals surface area contributed by atoms with Gasteiger partial charge in [0.15, 0.2) is 0 Å². The summed E-state index contributed by atoms with van der Waals surface area (Å²) in [6, 6.07) is 10.7. The molecule has 2 rings (SSSR count). The van der Waals surface area contributed by atoms with Gasteiger partial charge in [-0.3, -0.25) is 0 Å². The third-order valence-corrected chi connectivity index (χ3v) is 2.44. The van der Waals surface area contributed by atoms with Crippen LogP contribution in [0.4, 0.5) is 0 Å². The highest BCUT2D eigenvalue weighted by molar-refractivity contribution is 8.06. The molecule has 1 aromatic carbocycles. The first kappa shape index (κ1) is 5.36. The molecule has 0 N–H and O–H groups in total. The van der Waals surface area contributed by atoms with Gasteiger partial charge in [-0.2, -0.15) is 11.8 Å². The molecule has 0 saturated carbocycles. The maximum atomic E-state index is 2.20. The van der Waals surface area contributed by atoms with Crippen LogP contribution in [0.15, 0.2) is 30.3 Å². The van der Waals surface area contributed by atoms with Crippen molar-refractivity contribution >= 4 is 11.8 Å². The minimum Gasteiger partial charge on any atom is -0.151 e. The number of benzene rings is 1. The van der Waals surface area contributed by atoms with Crippen molar-refractivity contribution in [3.63, 3.8) is 0 Å². The maximum Gasteiger partial charge on any atom is 0.0388 e. The summed E-state index contributed by atoms with van der Waals surface area (Å²) in [6.45, 7) is 0. The van der Waals surface area contributed by atoms with E-state index in [1.165, 1.54) is 11.3 Å². The first-order chi connectivity index (χ1) is 4.47. The smallest absolute Gasteiger partial charge is 0.0388 e. The van der Waals surface area contributed by atoms with Gasteiger partial charge >= 0.3 is 0 Å². The topological polar surface area (TPSA) is 0 Å². The zero-order valence-corrected chi connectivity index (χ0v) is 5.90. The van der Waals surface area contributed by atoms with Crippen molar-refractivity contribution in [2.75, 3.05) is 5.75 Å². The summed E-state index contributed by atoms with van der Waals surface area (Å²) < 4.78 is 0. The molecule has 1 heterocycles. The second-order valence-corrected chi connectivity index (χ2v) is 3.47. The van der Waals surface area contributed by atoms with Gasteiger partial charge in [0.05, 0.1) is 0 Å². The molecule has 0 radical (unpaired) electrons. The molecule has 1 aliphatic rings. The Morgan fingerprint density at radius 3 is 2.44 bits per heavy atom. The van der Waals surface area contributed by atoms with E-state index in [0.717, 1.165) is 5.25 Å². The molecule has 0 nitrogen and oxygen atoms in total. The molecule has 1 saturated heterocycles. The summed E-state index contributed by atoms with van der Waals surface area (Å²) in [5.41, 5.74) is 1.49. The minimum absolute atomic E-state index is 0.825. The van der Waals surface area contributed by atoms with Gasteiger partial charge in [-0.1, -0.05) is 30.3 Å². The second-order valence-electron chi connectivity index (χ2n) is 2.23. The first-order valence-electron chi connectivity index (χ1n) is 3.13. The Bertz CT molecular complexity index is 189. The summed E-state index contributed by atoms with van der Waals surface area (Å²) in [4.78, 5) is 0. The average Bonchev–Trinajstić information content (AvgIpc) is 2.71. The molecule has 1 aliphatic heterocycles. The molecular weight excluding hydrogens is 128 g/mol. The van der Waals surface area contributed by atoms with Crippen LogP contribution < -0.4 is 0 Å². The Morgan fingerprint density at radius 1 is 1.22 bits per heavy atom. The highest BCUT2D eigenvalue weighted by Crippen LogP contribution is 2.45. The van der Waals surface area contributed by atoms with Crippen LogP contribution >= 0.6 is 11.8 Å². The van der Waals surface area contributed by atoms with Crippen molar-refractivity contribution in [3.8, 4) is 0 Å². The molecule has 0 amide bonds. The fourth-order valence-electron chi connectivity index (χ4n) is 0.908. The molecule has 9 heavy (non-hydrogen) atoms. The number of hydrogen-bond acceptors (Lipinski definition) is 1. The van der Waals surface area contributed by atoms with E-state index < -0.39 is 0 Å². The third-order valence-electron chi connectivity index (χ3n) is 1.50. The van der Waals surface area contributed by atoms with Gasteiger partial charge in [-0.15, -0.1) is 0 Å². The summed E-state index contributed by atoms with van der Waals surface area (Å²) >= 11 is 2.02. The molecule has 1 heteroatoms. The van der Waals surface area contributed by atoms with Gasteiger partial charge in [0, 0.05) is 11.0 Å². The molecule has 0 spiro atoms. The van der Waals surface area contributed by atoms with E-state index in [-0.39, 0.29) is 0 Å². The van der Waals surface area contributed by atoms with Crippen molar-refractivity contribution in [2.24, 2.45) is 0 Å². The Kier molecular flexibility index (Phi) is 1.23. The van der Waals surface area contributed by atoms with Gasteiger partial charge in [0.25, 0.3) is 0 Å². The summed E-state index contributed by atoms with van der Waals surface area (Å²) in [5, 5.41) is 0.825. The molecule has 0 unspecified atom stereocenters. The fourth-order valence-corrected chi connectivity index (χ4v) is 1.55. The van der Waals surface area contributed by atoms with Gasteiger partial charge in [-0.05, 0) is 5.56 Å². The van der Waals surface area contributed by atoms with E-state index >= 15 is 0 Å². The highest BCUT2D eigenvalue weighted by Gasteiger charge is 2.23. The third kappa shape index (κ3) is 1.11. The lowest BCUT2D eigenvalue weighted by Crippen LogP contribution is -1.74. The van der Waals surface area contributed by atoms with E-state index in [9.17, 15) is 0 Å². The summed E-state index contributed by atoms with van der Waals surface area (Å²) in [5.74, 6) is 1.32. The average molecular weight is 136 g/mol. The van der Waals surface area contributed by atoms with Crippen LogP contribution in [0.3, 0.4) is 0 Å². The molecule has 1 atom stereocenters. The van der Waals surface area contributed by atoms with E-state index in [1.807, 2.05) is 11.8 Å². The maximum absolute atomic E-state index is 2.20. The molecule has 1 fully saturated rings. The van der Waals surface area contributed by atoms with Crippen LogP contribution in [0, 0.1) is 0 Å². The lowest BCUT2D eigenvalue weighted by atomic mass is 10.2. The Balaban J connectivity index is 2.29. The van der Waals surface area contributed by atoms with Gasteiger partial charge in [-0.25, -0.2) is 0 Å². The zero-order valence-electron chi connectivity index (χ0n) is 5.08. The lowest BCUT2D eigenvalue weighted by Gasteiger charge is -1.90. The summed E-state index contributed by atoms with van der Waals surface area (Å²) in [7, 11) is 0. The van der Waals surface area contributed by atoms with E-state index in [0.29, 0.717) is 0 Å². The van der Waals surface area contributed by atoms with Crippen LogP contribution in [0.2, 0.25) is 0 Å². The van der Waals surface area contributed by atoms with E-state index in [4.69, 9.17) is 0 Å². The number of hydrogen-bond donors (Lipinski definition) is 0. The number of rotatable bonds is 1. The zero-order chi connectivity index (χ0) is 6.10. The van der Waals surface area contributed by atoms with Crippen molar-refractivity contribution in [2.45, 2.75) is 5.25 Å². The van der Waals surface area contributed by atoms with Crippen molar-refractivity contribution in [1.82, 2.24) is 0 Å². The Labute approximate surface area is 59.3 Å². The Hall–Kier alpha value is -0.430. The standard InChI is InChI=1S/C8H8S/c1-2-4-7(5-3-1)8-6-9-8/h1-5,8H,6H2/t8-/m0/s1. The van der Waals surface area contributed by atoms with Crippen LogP contribution in [-0.4, -0.2) is 5.75 Å². The van der Waals surface area contributed by atoms with Crippen molar-refractivity contribution in [1.29, 1.82) is 0 Å². The minimum atomic E-state index is 0.825. The first-order valence-corrected chi connectivity index (χ1v) is 4.18. The van der Waals surface area contributed by atoms with Crippen molar-refractivity contribution < 1.29 is 0 Å². The predicted octanol–water partition coefficient (Wildman–Crippen LogP) is 2.47. The van der Waals surface area contributed by atoms with Gasteiger partial charge in [0.2, 0.25) is 0 Å². The van der Waals surface area contributed by atoms with Gasteiger partial charge < -0.3 is 0 Å². The molecule has 0 bridgehead atoms. The molecule has 1 aromatic rings. The van der Waals surface area contributed by atoms with Crippen molar-refractivity contribution in [3.05, 3.63) is 35.9 Å². The van der Waals surface area contributed by atoms with Crippen LogP contribution in [0.5, 0.6) is 0 Å². The highest BCUT2D eigenvalue weighted by atomic mass is 32.2. The van der Waals surface area contributed by atoms with Crippen LogP contribution in [0.25, 0.3) is 0 Å². The monoisotopic (exact) mass is 136 g/mol. The Morgan fingerprint density at radius 2 is 1.89 bits per heavy atom. The van der Waals surface area contributed by atoms with E-state index in [2.05, 4.69) is 30.3 Å². The molecule has 0 aromatic heterocycles. The van der Waals surface area contributed by atoms with E-state index in [1.54, 1.807) is 0 Å². The molecular formula is C8H8S. The largest absolute Gasteiger partial charge is 0.151 e. The van der Waals surface area contributed by atoms with Gasteiger partial charge in [0.1, 0.15) is 0 Å². The fraction of sp³-hybridized carbons (Fsp3) is 0.250. The SMILES string of the molecule is c1ccc([C@@H]2CS2)cc1.